The first-order valence-electron chi connectivity index (χ1n) is 4.48. The molecular formula is C9H9N3O3S. The summed E-state index contributed by atoms with van der Waals surface area (Å²) in [6, 6.07) is 3.08. The Bertz CT molecular complexity index is 430. The van der Waals surface area contributed by atoms with E-state index in [0.29, 0.717) is 12.2 Å². The van der Waals surface area contributed by atoms with Gasteiger partial charge in [-0.1, -0.05) is 11.8 Å². The van der Waals surface area contributed by atoms with Crippen molar-refractivity contribution in [2.45, 2.75) is 11.4 Å². The lowest BCUT2D eigenvalue weighted by molar-refractivity contribution is -0.388. The second-order valence-electron chi connectivity index (χ2n) is 2.81. The largest absolute Gasteiger partial charge is 0.396 e. The molecule has 7 heteroatoms. The molecule has 0 fully saturated rings. The summed E-state index contributed by atoms with van der Waals surface area (Å²) in [5.74, 6) is 0.527. The predicted molar refractivity (Wildman–Crippen MR) is 58.0 cm³/mol. The number of hydrogen-bond donors (Lipinski definition) is 1. The maximum absolute atomic E-state index is 10.8. The first kappa shape index (κ1) is 12.4. The molecule has 0 saturated heterocycles. The van der Waals surface area contributed by atoms with E-state index in [4.69, 9.17) is 10.4 Å². The minimum absolute atomic E-state index is 0.00602. The lowest BCUT2D eigenvalue weighted by Gasteiger charge is -2.01. The second kappa shape index (κ2) is 6.05. The van der Waals surface area contributed by atoms with Crippen molar-refractivity contribution >= 4 is 17.4 Å². The van der Waals surface area contributed by atoms with E-state index >= 15 is 0 Å². The lowest BCUT2D eigenvalue weighted by atomic mass is 10.2. The Balaban J connectivity index is 2.99. The van der Waals surface area contributed by atoms with Gasteiger partial charge in [0.2, 0.25) is 0 Å². The van der Waals surface area contributed by atoms with Crippen LogP contribution >= 0.6 is 11.8 Å². The molecule has 6 nitrogen and oxygen atoms in total. The van der Waals surface area contributed by atoms with Gasteiger partial charge in [0.25, 0.3) is 0 Å². The van der Waals surface area contributed by atoms with Crippen LogP contribution in [0, 0.1) is 21.4 Å². The molecule has 84 valence electrons. The van der Waals surface area contributed by atoms with Crippen LogP contribution < -0.4 is 0 Å². The third kappa shape index (κ3) is 2.92. The molecule has 1 N–H and O–H groups in total. The monoisotopic (exact) mass is 239 g/mol. The van der Waals surface area contributed by atoms with E-state index in [-0.39, 0.29) is 22.9 Å². The van der Waals surface area contributed by atoms with Gasteiger partial charge >= 0.3 is 5.69 Å². The van der Waals surface area contributed by atoms with Crippen molar-refractivity contribution < 1.29 is 10.0 Å². The molecule has 1 aromatic rings. The lowest BCUT2D eigenvalue weighted by Crippen LogP contribution is -1.98. The van der Waals surface area contributed by atoms with Crippen molar-refractivity contribution in [1.82, 2.24) is 4.98 Å². The Morgan fingerprint density at radius 1 is 1.69 bits per heavy atom. The molecule has 0 aromatic carbocycles. The summed E-state index contributed by atoms with van der Waals surface area (Å²) in [4.78, 5) is 14.1. The van der Waals surface area contributed by atoms with E-state index in [1.54, 1.807) is 6.07 Å². The molecule has 0 aliphatic heterocycles. The number of nitrogens with zero attached hydrogens (tertiary/aromatic N) is 3. The Morgan fingerprint density at radius 3 is 3.00 bits per heavy atom. The average molecular weight is 239 g/mol. The maximum atomic E-state index is 10.8. The fourth-order valence-corrected chi connectivity index (χ4v) is 1.96. The zero-order valence-corrected chi connectivity index (χ0v) is 9.11. The molecule has 0 aliphatic rings. The maximum Gasteiger partial charge on any atom is 0.318 e. The van der Waals surface area contributed by atoms with E-state index in [9.17, 15) is 10.1 Å². The van der Waals surface area contributed by atoms with E-state index in [0.717, 1.165) is 0 Å². The number of thioether (sulfide) groups is 1. The number of aliphatic hydroxyl groups excluding tert-OH is 1. The molecule has 0 spiro atoms. The molecule has 16 heavy (non-hydrogen) atoms. The van der Waals surface area contributed by atoms with Gasteiger partial charge in [0.05, 0.1) is 4.92 Å². The van der Waals surface area contributed by atoms with Gasteiger partial charge in [0.15, 0.2) is 5.03 Å². The van der Waals surface area contributed by atoms with E-state index in [1.807, 2.05) is 0 Å². The number of rotatable bonds is 5. The topological polar surface area (TPSA) is 100 Å². The van der Waals surface area contributed by atoms with Gasteiger partial charge in [0, 0.05) is 18.6 Å². The van der Waals surface area contributed by atoms with Crippen LogP contribution in [0.2, 0.25) is 0 Å². The summed E-state index contributed by atoms with van der Waals surface area (Å²) in [5.41, 5.74) is -0.251. The van der Waals surface area contributed by atoms with E-state index in [1.165, 1.54) is 24.0 Å². The standard InChI is InChI=1S/C9H9N3O3S/c10-6-7-2-3-11-9(8(7)12(14)15)16-5-1-4-13/h2-3,13H,1,4-5H2. The Morgan fingerprint density at radius 2 is 2.44 bits per heavy atom. The number of hydrogen-bond acceptors (Lipinski definition) is 6. The summed E-state index contributed by atoms with van der Waals surface area (Å²) in [5, 5.41) is 28.3. The molecule has 1 aromatic heterocycles. The van der Waals surface area contributed by atoms with Gasteiger partial charge in [-0.2, -0.15) is 5.26 Å². The van der Waals surface area contributed by atoms with Crippen molar-refractivity contribution in [3.05, 3.63) is 27.9 Å². The minimum Gasteiger partial charge on any atom is -0.396 e. The van der Waals surface area contributed by atoms with Crippen LogP contribution in [0.5, 0.6) is 0 Å². The SMILES string of the molecule is N#Cc1ccnc(SCCCO)c1[N+](=O)[O-]. The summed E-state index contributed by atoms with van der Waals surface area (Å²) in [6.07, 6.45) is 1.90. The summed E-state index contributed by atoms with van der Waals surface area (Å²) >= 11 is 1.17. The van der Waals surface area contributed by atoms with Crippen LogP contribution in [0.25, 0.3) is 0 Å². The molecule has 0 amide bonds. The summed E-state index contributed by atoms with van der Waals surface area (Å²) in [7, 11) is 0. The smallest absolute Gasteiger partial charge is 0.318 e. The molecule has 0 aliphatic carbocycles. The van der Waals surface area contributed by atoms with E-state index < -0.39 is 4.92 Å². The molecule has 0 atom stereocenters. The van der Waals surface area contributed by atoms with Gasteiger partial charge < -0.3 is 5.11 Å². The number of pyridine rings is 1. The second-order valence-corrected chi connectivity index (χ2v) is 3.89. The van der Waals surface area contributed by atoms with Crippen LogP contribution in [0.1, 0.15) is 12.0 Å². The molecule has 0 unspecified atom stereocenters. The first-order chi connectivity index (χ1) is 7.70. The van der Waals surface area contributed by atoms with Crippen LogP contribution in [0.15, 0.2) is 17.3 Å². The highest BCUT2D eigenvalue weighted by Gasteiger charge is 2.20. The summed E-state index contributed by atoms with van der Waals surface area (Å²) < 4.78 is 0. The van der Waals surface area contributed by atoms with Crippen LogP contribution in [-0.2, 0) is 0 Å². The fourth-order valence-electron chi connectivity index (χ4n) is 1.04. The van der Waals surface area contributed by atoms with Crippen molar-refractivity contribution in [2.75, 3.05) is 12.4 Å². The Hall–Kier alpha value is -1.65. The molecule has 0 bridgehead atoms. The number of aromatic nitrogens is 1. The minimum atomic E-state index is -0.604. The Labute approximate surface area is 96.1 Å². The highest BCUT2D eigenvalue weighted by Crippen LogP contribution is 2.29. The van der Waals surface area contributed by atoms with Gasteiger partial charge in [-0.25, -0.2) is 4.98 Å². The fraction of sp³-hybridized carbons (Fsp3) is 0.333. The van der Waals surface area contributed by atoms with Crippen molar-refractivity contribution in [2.24, 2.45) is 0 Å². The number of aliphatic hydroxyl groups is 1. The molecule has 1 heterocycles. The van der Waals surface area contributed by atoms with Crippen LogP contribution in [0.4, 0.5) is 5.69 Å². The average Bonchev–Trinajstić information content (AvgIpc) is 2.28. The van der Waals surface area contributed by atoms with Crippen molar-refractivity contribution in [1.29, 1.82) is 5.26 Å². The zero-order chi connectivity index (χ0) is 12.0. The van der Waals surface area contributed by atoms with Gasteiger partial charge in [-0.3, -0.25) is 10.1 Å². The predicted octanol–water partition coefficient (Wildman–Crippen LogP) is 1.34. The normalized spacial score (nSPS) is 9.75. The van der Waals surface area contributed by atoms with Gasteiger partial charge in [0.1, 0.15) is 11.6 Å². The molecule has 0 radical (unpaired) electrons. The highest BCUT2D eigenvalue weighted by molar-refractivity contribution is 7.99. The first-order valence-corrected chi connectivity index (χ1v) is 5.46. The van der Waals surface area contributed by atoms with Crippen LogP contribution in [-0.4, -0.2) is 27.4 Å². The number of nitro groups is 1. The highest BCUT2D eigenvalue weighted by atomic mass is 32.2. The van der Waals surface area contributed by atoms with Crippen molar-refractivity contribution in [3.63, 3.8) is 0 Å². The third-order valence-corrected chi connectivity index (χ3v) is 2.80. The van der Waals surface area contributed by atoms with Crippen molar-refractivity contribution in [3.8, 4) is 6.07 Å². The summed E-state index contributed by atoms with van der Waals surface area (Å²) in [6.45, 7) is 0.0265. The van der Waals surface area contributed by atoms with Gasteiger partial charge in [-0.05, 0) is 12.5 Å². The van der Waals surface area contributed by atoms with Gasteiger partial charge in [-0.15, -0.1) is 0 Å². The van der Waals surface area contributed by atoms with E-state index in [2.05, 4.69) is 4.98 Å². The molecule has 0 saturated carbocycles. The number of nitriles is 1. The third-order valence-electron chi connectivity index (χ3n) is 1.73. The Kier molecular flexibility index (Phi) is 4.69. The molecule has 1 rings (SSSR count). The zero-order valence-electron chi connectivity index (χ0n) is 8.29. The van der Waals surface area contributed by atoms with Crippen LogP contribution in [0.3, 0.4) is 0 Å². The quantitative estimate of drug-likeness (QED) is 0.360. The molecular weight excluding hydrogens is 230 g/mol.